The first kappa shape index (κ1) is 14.5. The second-order valence-corrected chi connectivity index (χ2v) is 5.42. The van der Waals surface area contributed by atoms with Crippen LogP contribution in [0.1, 0.15) is 39.5 Å². The Balaban J connectivity index is 1.69. The van der Waals surface area contributed by atoms with Crippen molar-refractivity contribution in [1.29, 1.82) is 0 Å². The Morgan fingerprint density at radius 3 is 2.53 bits per heavy atom. The molecule has 2 rings (SSSR count). The summed E-state index contributed by atoms with van der Waals surface area (Å²) in [7, 11) is 0. The third-order valence-corrected chi connectivity index (χ3v) is 4.03. The van der Waals surface area contributed by atoms with Gasteiger partial charge in [-0.3, -0.25) is 14.5 Å². The molecule has 0 spiro atoms. The minimum Gasteiger partial charge on any atom is -0.305 e. The van der Waals surface area contributed by atoms with Gasteiger partial charge in [-0.2, -0.15) is 0 Å². The summed E-state index contributed by atoms with van der Waals surface area (Å²) in [5, 5.41) is 3.24. The molecule has 0 aromatic carbocycles. The molecule has 1 saturated heterocycles. The lowest BCUT2D eigenvalue weighted by Crippen LogP contribution is -2.40. The third kappa shape index (κ3) is 3.54. The van der Waals surface area contributed by atoms with Gasteiger partial charge in [0.1, 0.15) is 0 Å². The highest BCUT2D eigenvalue weighted by atomic mass is 16.2. The first-order valence-corrected chi connectivity index (χ1v) is 7.49. The minimum atomic E-state index is -0.273. The van der Waals surface area contributed by atoms with Crippen molar-refractivity contribution in [3.8, 4) is 0 Å². The lowest BCUT2D eigenvalue weighted by Gasteiger charge is -2.18. The Kier molecular flexibility index (Phi) is 4.93. The number of amides is 2. The van der Waals surface area contributed by atoms with Gasteiger partial charge in [-0.15, -0.1) is 0 Å². The van der Waals surface area contributed by atoms with Crippen LogP contribution in [0.4, 0.5) is 0 Å². The van der Waals surface area contributed by atoms with Gasteiger partial charge in [0.2, 0.25) is 11.8 Å². The van der Waals surface area contributed by atoms with Crippen LogP contribution in [0.3, 0.4) is 0 Å². The maximum Gasteiger partial charge on any atom is 0.247 e. The quantitative estimate of drug-likeness (QED) is 0.517. The van der Waals surface area contributed by atoms with E-state index < -0.39 is 0 Å². The Labute approximate surface area is 115 Å². The molecule has 0 bridgehead atoms. The van der Waals surface area contributed by atoms with E-state index in [2.05, 4.69) is 24.1 Å². The number of carbonyl (C=O) groups excluding carboxylic acids is 2. The molecule has 108 valence electrons. The van der Waals surface area contributed by atoms with E-state index >= 15 is 0 Å². The zero-order valence-electron chi connectivity index (χ0n) is 12.0. The van der Waals surface area contributed by atoms with Crippen molar-refractivity contribution in [1.82, 2.24) is 15.1 Å². The normalized spacial score (nSPS) is 23.7. The molecule has 5 heteroatoms. The molecular weight excluding hydrogens is 242 g/mol. The predicted molar refractivity (Wildman–Crippen MR) is 73.7 cm³/mol. The lowest BCUT2D eigenvalue weighted by molar-refractivity contribution is -0.139. The number of carbonyl (C=O) groups is 2. The molecule has 1 heterocycles. The summed E-state index contributed by atoms with van der Waals surface area (Å²) in [6.07, 6.45) is 3.35. The van der Waals surface area contributed by atoms with Crippen molar-refractivity contribution >= 4 is 11.8 Å². The van der Waals surface area contributed by atoms with Gasteiger partial charge in [-0.25, -0.2) is 0 Å². The summed E-state index contributed by atoms with van der Waals surface area (Å²) in [5.74, 6) is 0.00378. The average Bonchev–Trinajstić information content (AvgIpc) is 3.18. The van der Waals surface area contributed by atoms with Gasteiger partial charge in [0.15, 0.2) is 0 Å². The SMILES string of the molecule is CCN(CC)CCCNC1CC(=O)N(C2CC2)C1=O. The van der Waals surface area contributed by atoms with Crippen molar-refractivity contribution in [3.63, 3.8) is 0 Å². The number of rotatable bonds is 8. The van der Waals surface area contributed by atoms with Crippen LogP contribution in [-0.4, -0.2) is 59.9 Å². The number of hydrogen-bond acceptors (Lipinski definition) is 4. The summed E-state index contributed by atoms with van der Waals surface area (Å²) in [5.41, 5.74) is 0. The van der Waals surface area contributed by atoms with Crippen molar-refractivity contribution in [2.45, 2.75) is 51.6 Å². The molecule has 1 aliphatic heterocycles. The fraction of sp³-hybridized carbons (Fsp3) is 0.857. The van der Waals surface area contributed by atoms with Gasteiger partial charge in [0.05, 0.1) is 12.5 Å². The average molecular weight is 267 g/mol. The third-order valence-electron chi connectivity index (χ3n) is 4.03. The van der Waals surface area contributed by atoms with E-state index in [1.807, 2.05) is 0 Å². The molecule has 5 nitrogen and oxygen atoms in total. The Bertz CT molecular complexity index is 338. The second kappa shape index (κ2) is 6.48. The van der Waals surface area contributed by atoms with Crippen LogP contribution in [0.25, 0.3) is 0 Å². The Hall–Kier alpha value is -0.940. The topological polar surface area (TPSA) is 52.7 Å². The number of hydrogen-bond donors (Lipinski definition) is 1. The van der Waals surface area contributed by atoms with Gasteiger partial charge in [-0.05, 0) is 45.4 Å². The highest BCUT2D eigenvalue weighted by Crippen LogP contribution is 2.31. The molecule has 19 heavy (non-hydrogen) atoms. The molecule has 2 amide bonds. The summed E-state index contributed by atoms with van der Waals surface area (Å²) in [4.78, 5) is 27.7. The molecule has 1 unspecified atom stereocenters. The van der Waals surface area contributed by atoms with Gasteiger partial charge in [0, 0.05) is 6.04 Å². The van der Waals surface area contributed by atoms with E-state index in [-0.39, 0.29) is 23.9 Å². The van der Waals surface area contributed by atoms with E-state index in [0.29, 0.717) is 6.42 Å². The van der Waals surface area contributed by atoms with Crippen molar-refractivity contribution in [3.05, 3.63) is 0 Å². The molecular formula is C14H25N3O2. The number of nitrogens with zero attached hydrogens (tertiary/aromatic N) is 2. The smallest absolute Gasteiger partial charge is 0.247 e. The summed E-state index contributed by atoms with van der Waals surface area (Å²) in [6, 6.07) is -0.0627. The lowest BCUT2D eigenvalue weighted by atomic mass is 10.2. The van der Waals surface area contributed by atoms with E-state index in [1.54, 1.807) is 0 Å². The van der Waals surface area contributed by atoms with Crippen LogP contribution in [0.15, 0.2) is 0 Å². The molecule has 1 saturated carbocycles. The number of imide groups is 1. The number of nitrogens with one attached hydrogen (secondary N) is 1. The van der Waals surface area contributed by atoms with Gasteiger partial charge < -0.3 is 10.2 Å². The molecule has 2 aliphatic rings. The zero-order chi connectivity index (χ0) is 13.8. The minimum absolute atomic E-state index is 0.00432. The Morgan fingerprint density at radius 1 is 1.26 bits per heavy atom. The summed E-state index contributed by atoms with van der Waals surface area (Å²) >= 11 is 0. The molecule has 0 aromatic rings. The van der Waals surface area contributed by atoms with Crippen LogP contribution in [0.5, 0.6) is 0 Å². The first-order chi connectivity index (χ1) is 9.17. The molecule has 1 aliphatic carbocycles. The van der Waals surface area contributed by atoms with E-state index in [9.17, 15) is 9.59 Å². The van der Waals surface area contributed by atoms with Crippen molar-refractivity contribution in [2.24, 2.45) is 0 Å². The fourth-order valence-electron chi connectivity index (χ4n) is 2.65. The molecule has 1 atom stereocenters. The van der Waals surface area contributed by atoms with Gasteiger partial charge in [-0.1, -0.05) is 13.8 Å². The molecule has 0 aromatic heterocycles. The highest BCUT2D eigenvalue weighted by molar-refractivity contribution is 6.06. The maximum absolute atomic E-state index is 12.1. The monoisotopic (exact) mass is 267 g/mol. The largest absolute Gasteiger partial charge is 0.305 e. The van der Waals surface area contributed by atoms with Gasteiger partial charge in [0.25, 0.3) is 0 Å². The highest BCUT2D eigenvalue weighted by Gasteiger charge is 2.45. The van der Waals surface area contributed by atoms with E-state index in [4.69, 9.17) is 0 Å². The molecule has 1 N–H and O–H groups in total. The fourth-order valence-corrected chi connectivity index (χ4v) is 2.65. The van der Waals surface area contributed by atoms with Crippen molar-refractivity contribution in [2.75, 3.05) is 26.2 Å². The Morgan fingerprint density at radius 2 is 1.95 bits per heavy atom. The summed E-state index contributed by atoms with van der Waals surface area (Å²) in [6.45, 7) is 8.28. The second-order valence-electron chi connectivity index (χ2n) is 5.42. The predicted octanol–water partition coefficient (Wildman–Crippen LogP) is 0.598. The van der Waals surface area contributed by atoms with Crippen LogP contribution in [-0.2, 0) is 9.59 Å². The molecule has 2 fully saturated rings. The maximum atomic E-state index is 12.1. The standard InChI is InChI=1S/C14H25N3O2/c1-3-16(4-2)9-5-8-15-12-10-13(18)17(14(12)19)11-6-7-11/h11-12,15H,3-10H2,1-2H3. The van der Waals surface area contributed by atoms with Crippen LogP contribution in [0.2, 0.25) is 0 Å². The van der Waals surface area contributed by atoms with Crippen LogP contribution in [0, 0.1) is 0 Å². The number of likely N-dealkylation sites (tertiary alicyclic amines) is 1. The van der Waals surface area contributed by atoms with Crippen LogP contribution < -0.4 is 5.32 Å². The van der Waals surface area contributed by atoms with Gasteiger partial charge >= 0.3 is 0 Å². The van der Waals surface area contributed by atoms with E-state index in [1.165, 1.54) is 4.90 Å². The molecule has 0 radical (unpaired) electrons. The zero-order valence-corrected chi connectivity index (χ0v) is 12.0. The first-order valence-electron chi connectivity index (χ1n) is 7.49. The van der Waals surface area contributed by atoms with E-state index in [0.717, 1.165) is 45.4 Å². The summed E-state index contributed by atoms with van der Waals surface area (Å²) < 4.78 is 0. The van der Waals surface area contributed by atoms with Crippen LogP contribution >= 0.6 is 0 Å². The van der Waals surface area contributed by atoms with Crippen molar-refractivity contribution < 1.29 is 9.59 Å².